The van der Waals surface area contributed by atoms with Gasteiger partial charge < -0.3 is 20.4 Å². The molecule has 0 aliphatic heterocycles. The van der Waals surface area contributed by atoms with E-state index < -0.39 is 22.8 Å². The van der Waals surface area contributed by atoms with Gasteiger partial charge in [0, 0.05) is 0 Å². The molecule has 0 heterocycles. The van der Waals surface area contributed by atoms with E-state index in [0.717, 1.165) is 0 Å². The van der Waals surface area contributed by atoms with E-state index in [0.29, 0.717) is 0 Å². The third kappa shape index (κ3) is 2.80. The first kappa shape index (κ1) is 12.0. The maximum absolute atomic E-state index is 10.1. The molecule has 0 spiro atoms. The van der Waals surface area contributed by atoms with Crippen LogP contribution in [0.15, 0.2) is 0 Å². The van der Waals surface area contributed by atoms with Crippen molar-refractivity contribution in [2.75, 3.05) is 0 Å². The molecule has 0 aromatic heterocycles. The Morgan fingerprint density at radius 3 is 2.08 bits per heavy atom. The Labute approximate surface area is 77.8 Å². The first-order valence-corrected chi connectivity index (χ1v) is 4.04. The lowest BCUT2D eigenvalue weighted by Crippen LogP contribution is -2.49. The van der Waals surface area contributed by atoms with Gasteiger partial charge in [0.15, 0.2) is 6.29 Å². The van der Waals surface area contributed by atoms with Crippen molar-refractivity contribution in [2.45, 2.75) is 29.7 Å². The summed E-state index contributed by atoms with van der Waals surface area (Å²) in [6, 6.07) is 0. The Kier molecular flexibility index (Phi) is 4.29. The summed E-state index contributed by atoms with van der Waals surface area (Å²) in [4.78, 5) is 10.1. The molecule has 0 aliphatic carbocycles. The number of aldehydes is 1. The van der Waals surface area contributed by atoms with Crippen molar-refractivity contribution >= 4 is 22.2 Å². The standard InChI is InChI=1S/C6H11BrO5/c1-3(9)4(10)5(11)6(7,12)2-8/h2-5,9-12H,1H3/t3-,4+,5+,6+/m1/s1. The summed E-state index contributed by atoms with van der Waals surface area (Å²) in [5.41, 5.74) is 0. The van der Waals surface area contributed by atoms with Gasteiger partial charge in [-0.1, -0.05) is 0 Å². The Morgan fingerprint density at radius 1 is 1.42 bits per heavy atom. The van der Waals surface area contributed by atoms with Gasteiger partial charge in [0.1, 0.15) is 12.2 Å². The molecule has 0 amide bonds. The maximum atomic E-state index is 10.1. The van der Waals surface area contributed by atoms with Crippen molar-refractivity contribution in [3.63, 3.8) is 0 Å². The topological polar surface area (TPSA) is 98.0 Å². The van der Waals surface area contributed by atoms with Gasteiger partial charge in [-0.25, -0.2) is 0 Å². The fourth-order valence-electron chi connectivity index (χ4n) is 0.573. The number of rotatable bonds is 4. The average molecular weight is 243 g/mol. The molecule has 0 radical (unpaired) electrons. The second-order valence-corrected chi connectivity index (χ2v) is 3.79. The van der Waals surface area contributed by atoms with Gasteiger partial charge in [0.05, 0.1) is 6.10 Å². The molecule has 12 heavy (non-hydrogen) atoms. The zero-order valence-corrected chi connectivity index (χ0v) is 7.97. The van der Waals surface area contributed by atoms with Crippen LogP contribution in [0.2, 0.25) is 0 Å². The van der Waals surface area contributed by atoms with Crippen molar-refractivity contribution in [1.29, 1.82) is 0 Å². The Morgan fingerprint density at radius 2 is 1.83 bits per heavy atom. The largest absolute Gasteiger partial charge is 0.391 e. The summed E-state index contributed by atoms with van der Waals surface area (Å²) in [6.45, 7) is 1.22. The molecule has 0 unspecified atom stereocenters. The highest BCUT2D eigenvalue weighted by molar-refractivity contribution is 9.10. The van der Waals surface area contributed by atoms with Crippen molar-refractivity contribution in [2.24, 2.45) is 0 Å². The monoisotopic (exact) mass is 242 g/mol. The van der Waals surface area contributed by atoms with Crippen molar-refractivity contribution < 1.29 is 25.2 Å². The van der Waals surface area contributed by atoms with Gasteiger partial charge in [-0.2, -0.15) is 0 Å². The highest BCUT2D eigenvalue weighted by atomic mass is 79.9. The molecule has 0 bridgehead atoms. The molecular weight excluding hydrogens is 232 g/mol. The second-order valence-electron chi connectivity index (χ2n) is 2.52. The van der Waals surface area contributed by atoms with Gasteiger partial charge in [-0.05, 0) is 22.9 Å². The van der Waals surface area contributed by atoms with Crippen LogP contribution in [0, 0.1) is 0 Å². The van der Waals surface area contributed by atoms with E-state index in [4.69, 9.17) is 20.4 Å². The van der Waals surface area contributed by atoms with Gasteiger partial charge in [0.2, 0.25) is 4.51 Å². The third-order valence-electron chi connectivity index (χ3n) is 1.40. The first-order valence-electron chi connectivity index (χ1n) is 3.24. The van der Waals surface area contributed by atoms with Crippen LogP contribution in [0.4, 0.5) is 0 Å². The van der Waals surface area contributed by atoms with Crippen molar-refractivity contribution in [3.8, 4) is 0 Å². The highest BCUT2D eigenvalue weighted by Gasteiger charge is 2.39. The fourth-order valence-corrected chi connectivity index (χ4v) is 0.844. The number of halogens is 1. The Balaban J connectivity index is 4.37. The van der Waals surface area contributed by atoms with Crippen LogP contribution >= 0.6 is 15.9 Å². The van der Waals surface area contributed by atoms with Gasteiger partial charge in [-0.3, -0.25) is 4.79 Å². The van der Waals surface area contributed by atoms with E-state index in [-0.39, 0.29) is 6.29 Å². The van der Waals surface area contributed by atoms with Crippen molar-refractivity contribution in [1.82, 2.24) is 0 Å². The molecule has 4 N–H and O–H groups in total. The second kappa shape index (κ2) is 4.29. The fraction of sp³-hybridized carbons (Fsp3) is 0.833. The molecule has 0 saturated carbocycles. The van der Waals surface area contributed by atoms with E-state index in [1.807, 2.05) is 0 Å². The Hall–Kier alpha value is -0.0100. The smallest absolute Gasteiger partial charge is 0.203 e. The summed E-state index contributed by atoms with van der Waals surface area (Å²) in [7, 11) is 0. The summed E-state index contributed by atoms with van der Waals surface area (Å²) < 4.78 is -2.22. The van der Waals surface area contributed by atoms with Crippen LogP contribution in [-0.2, 0) is 4.79 Å². The average Bonchev–Trinajstić information content (AvgIpc) is 2.01. The quantitative estimate of drug-likeness (QED) is 0.351. The number of alkyl halides is 1. The molecule has 0 rings (SSSR count). The molecule has 0 saturated heterocycles. The summed E-state index contributed by atoms with van der Waals surface area (Å²) in [6.07, 6.45) is -4.55. The molecule has 6 heteroatoms. The number of aliphatic hydroxyl groups is 4. The van der Waals surface area contributed by atoms with Crippen molar-refractivity contribution in [3.05, 3.63) is 0 Å². The van der Waals surface area contributed by atoms with Crippen LogP contribution in [0.5, 0.6) is 0 Å². The van der Waals surface area contributed by atoms with E-state index in [9.17, 15) is 4.79 Å². The highest BCUT2D eigenvalue weighted by Crippen LogP contribution is 2.20. The number of hydrogen-bond donors (Lipinski definition) is 4. The maximum Gasteiger partial charge on any atom is 0.203 e. The SMILES string of the molecule is C[C@@H](O)[C@H](O)[C@H](O)[C@](O)(Br)C=O. The summed E-state index contributed by atoms with van der Waals surface area (Å²) in [5, 5.41) is 35.9. The van der Waals surface area contributed by atoms with Gasteiger partial charge >= 0.3 is 0 Å². The van der Waals surface area contributed by atoms with Crippen LogP contribution < -0.4 is 0 Å². The molecule has 72 valence electrons. The predicted molar refractivity (Wildman–Crippen MR) is 43.6 cm³/mol. The van der Waals surface area contributed by atoms with E-state index in [1.165, 1.54) is 6.92 Å². The van der Waals surface area contributed by atoms with Gasteiger partial charge in [0.25, 0.3) is 0 Å². The number of aliphatic hydroxyl groups excluding tert-OH is 3. The lowest BCUT2D eigenvalue weighted by atomic mass is 10.1. The molecule has 0 aromatic carbocycles. The molecule has 4 atom stereocenters. The minimum atomic E-state index is -2.22. The zero-order chi connectivity index (χ0) is 9.94. The van der Waals surface area contributed by atoms with Crippen LogP contribution in [0.25, 0.3) is 0 Å². The van der Waals surface area contributed by atoms with E-state index >= 15 is 0 Å². The van der Waals surface area contributed by atoms with E-state index in [2.05, 4.69) is 15.9 Å². The normalized spacial score (nSPS) is 23.8. The minimum Gasteiger partial charge on any atom is -0.391 e. The summed E-state index contributed by atoms with van der Waals surface area (Å²) in [5.74, 6) is 0. The number of carbonyl (C=O) groups is 1. The van der Waals surface area contributed by atoms with Crippen LogP contribution in [0.1, 0.15) is 6.92 Å². The molecule has 5 nitrogen and oxygen atoms in total. The zero-order valence-electron chi connectivity index (χ0n) is 6.38. The van der Waals surface area contributed by atoms with E-state index in [1.54, 1.807) is 0 Å². The Bertz CT molecular complexity index is 158. The predicted octanol–water partition coefficient (Wildman–Crippen LogP) is -1.63. The lowest BCUT2D eigenvalue weighted by Gasteiger charge is -2.27. The first-order chi connectivity index (χ1) is 5.33. The number of hydrogen-bond acceptors (Lipinski definition) is 5. The third-order valence-corrected chi connectivity index (χ3v) is 2.05. The van der Waals surface area contributed by atoms with Gasteiger partial charge in [-0.15, -0.1) is 0 Å². The number of carbonyl (C=O) groups excluding carboxylic acids is 1. The minimum absolute atomic E-state index is 0.0310. The molecule has 0 aromatic rings. The summed E-state index contributed by atoms with van der Waals surface area (Å²) >= 11 is 2.48. The molecule has 0 aliphatic rings. The van der Waals surface area contributed by atoms with Crippen LogP contribution in [0.3, 0.4) is 0 Å². The van der Waals surface area contributed by atoms with Crippen LogP contribution in [-0.4, -0.2) is 49.5 Å². The molecule has 0 fully saturated rings. The lowest BCUT2D eigenvalue weighted by molar-refractivity contribution is -0.137. The molecular formula is C6H11BrO5.